The number of nitrogens with zero attached hydrogens (tertiary/aromatic N) is 2. The van der Waals surface area contributed by atoms with Gasteiger partial charge in [0.05, 0.1) is 0 Å². The van der Waals surface area contributed by atoms with Crippen LogP contribution < -0.4 is 5.73 Å². The highest BCUT2D eigenvalue weighted by molar-refractivity contribution is 4.61. The maximum absolute atomic E-state index is 5.47. The molecule has 0 atom stereocenters. The highest BCUT2D eigenvalue weighted by Crippen LogP contribution is 2.09. The Kier molecular flexibility index (Phi) is 3.83. The molecule has 1 rings (SSSR count). The monoisotopic (exact) mass is 157 g/mol. The molecule has 3 heteroatoms. The average Bonchev–Trinajstić information content (AvgIpc) is 2.07. The first-order valence-electron chi connectivity index (χ1n) is 4.50. The van der Waals surface area contributed by atoms with Crippen LogP contribution >= 0.6 is 0 Å². The molecular weight excluding hydrogens is 138 g/mol. The minimum absolute atomic E-state index is 0.757. The van der Waals surface area contributed by atoms with Gasteiger partial charge in [0.2, 0.25) is 0 Å². The van der Waals surface area contributed by atoms with Crippen molar-refractivity contribution in [1.82, 2.24) is 10.0 Å². The Bertz CT molecular complexity index is 99.5. The first-order valence-corrected chi connectivity index (χ1v) is 4.50. The molecule has 0 aromatic rings. The molecule has 1 heterocycles. The van der Waals surface area contributed by atoms with E-state index in [1.165, 1.54) is 32.4 Å². The summed E-state index contributed by atoms with van der Waals surface area (Å²) in [6, 6.07) is 0. The van der Waals surface area contributed by atoms with E-state index in [-0.39, 0.29) is 0 Å². The Labute approximate surface area is 69.1 Å². The molecule has 1 fully saturated rings. The average molecular weight is 157 g/mol. The zero-order chi connectivity index (χ0) is 8.10. The van der Waals surface area contributed by atoms with E-state index in [1.54, 1.807) is 0 Å². The number of piperidine rings is 1. The molecular formula is C8H19N3. The normalized spacial score (nSPS) is 21.0. The second-order valence-corrected chi connectivity index (χ2v) is 3.18. The van der Waals surface area contributed by atoms with Gasteiger partial charge in [-0.05, 0) is 12.8 Å². The first-order chi connectivity index (χ1) is 5.34. The minimum atomic E-state index is 0.757. The summed E-state index contributed by atoms with van der Waals surface area (Å²) in [6.45, 7) is 4.18. The number of nitrogens with two attached hydrogens (primary N) is 1. The van der Waals surface area contributed by atoms with Crippen LogP contribution in [0.1, 0.15) is 19.3 Å². The fraction of sp³-hybridized carbons (Fsp3) is 1.00. The van der Waals surface area contributed by atoms with E-state index in [0.717, 1.165) is 13.1 Å². The van der Waals surface area contributed by atoms with Crippen molar-refractivity contribution in [2.45, 2.75) is 19.3 Å². The molecule has 0 radical (unpaired) electrons. The van der Waals surface area contributed by atoms with E-state index in [4.69, 9.17) is 5.73 Å². The van der Waals surface area contributed by atoms with Gasteiger partial charge < -0.3 is 5.73 Å². The third-order valence-electron chi connectivity index (χ3n) is 2.27. The lowest BCUT2D eigenvalue weighted by atomic mass is 10.2. The van der Waals surface area contributed by atoms with Crippen LogP contribution in [0, 0.1) is 0 Å². The third kappa shape index (κ3) is 2.77. The SMILES string of the molecule is CN(CCN)N1CCCCC1. The van der Waals surface area contributed by atoms with Gasteiger partial charge >= 0.3 is 0 Å². The topological polar surface area (TPSA) is 32.5 Å². The lowest BCUT2D eigenvalue weighted by Crippen LogP contribution is -2.45. The smallest absolute Gasteiger partial charge is 0.0253 e. The highest BCUT2D eigenvalue weighted by Gasteiger charge is 2.12. The number of hydrazine groups is 1. The van der Waals surface area contributed by atoms with Crippen LogP contribution in [0.4, 0.5) is 0 Å². The molecule has 0 aliphatic carbocycles. The second kappa shape index (κ2) is 4.70. The van der Waals surface area contributed by atoms with Crippen molar-refractivity contribution in [3.05, 3.63) is 0 Å². The van der Waals surface area contributed by atoms with Crippen LogP contribution in [-0.4, -0.2) is 43.2 Å². The van der Waals surface area contributed by atoms with Gasteiger partial charge in [0, 0.05) is 33.2 Å². The molecule has 3 nitrogen and oxygen atoms in total. The van der Waals surface area contributed by atoms with Crippen molar-refractivity contribution in [2.75, 3.05) is 33.2 Å². The van der Waals surface area contributed by atoms with Crippen molar-refractivity contribution < 1.29 is 0 Å². The standard InChI is InChI=1S/C8H19N3/c1-10(8-5-9)11-6-3-2-4-7-11/h2-9H2,1H3. The molecule has 0 unspecified atom stereocenters. The summed E-state index contributed by atoms with van der Waals surface area (Å²) >= 11 is 0. The lowest BCUT2D eigenvalue weighted by Gasteiger charge is -2.34. The molecule has 1 saturated heterocycles. The Morgan fingerprint density at radius 3 is 2.45 bits per heavy atom. The number of hydrogen-bond acceptors (Lipinski definition) is 3. The van der Waals surface area contributed by atoms with Gasteiger partial charge in [-0.25, -0.2) is 10.0 Å². The van der Waals surface area contributed by atoms with Crippen molar-refractivity contribution in [3.63, 3.8) is 0 Å². The van der Waals surface area contributed by atoms with E-state index >= 15 is 0 Å². The second-order valence-electron chi connectivity index (χ2n) is 3.18. The predicted molar refractivity (Wildman–Crippen MR) is 47.1 cm³/mol. The van der Waals surface area contributed by atoms with Gasteiger partial charge in [0.15, 0.2) is 0 Å². The summed E-state index contributed by atoms with van der Waals surface area (Å²) in [5, 5.41) is 4.65. The van der Waals surface area contributed by atoms with Crippen LogP contribution in [-0.2, 0) is 0 Å². The van der Waals surface area contributed by atoms with E-state index in [2.05, 4.69) is 17.1 Å². The summed E-state index contributed by atoms with van der Waals surface area (Å²) < 4.78 is 0. The molecule has 0 spiro atoms. The molecule has 66 valence electrons. The quantitative estimate of drug-likeness (QED) is 0.638. The van der Waals surface area contributed by atoms with Crippen molar-refractivity contribution >= 4 is 0 Å². The van der Waals surface area contributed by atoms with Gasteiger partial charge in [-0.1, -0.05) is 6.42 Å². The molecule has 2 N–H and O–H groups in total. The summed E-state index contributed by atoms with van der Waals surface area (Å²) in [5.41, 5.74) is 5.47. The van der Waals surface area contributed by atoms with Crippen molar-refractivity contribution in [1.29, 1.82) is 0 Å². The predicted octanol–water partition coefficient (Wildman–Crippen LogP) is 0.278. The van der Waals surface area contributed by atoms with E-state index < -0.39 is 0 Å². The Hall–Kier alpha value is -0.120. The zero-order valence-corrected chi connectivity index (χ0v) is 7.42. The van der Waals surface area contributed by atoms with Gasteiger partial charge in [-0.15, -0.1) is 0 Å². The van der Waals surface area contributed by atoms with Crippen LogP contribution in [0.5, 0.6) is 0 Å². The van der Waals surface area contributed by atoms with Gasteiger partial charge in [0.25, 0.3) is 0 Å². The molecule has 0 aromatic carbocycles. The van der Waals surface area contributed by atoms with Gasteiger partial charge in [-0.2, -0.15) is 0 Å². The number of rotatable bonds is 3. The summed E-state index contributed by atoms with van der Waals surface area (Å²) in [5.74, 6) is 0. The largest absolute Gasteiger partial charge is 0.329 e. The maximum atomic E-state index is 5.47. The Balaban J connectivity index is 2.21. The third-order valence-corrected chi connectivity index (χ3v) is 2.27. The van der Waals surface area contributed by atoms with E-state index in [1.807, 2.05) is 0 Å². The molecule has 0 saturated carbocycles. The number of likely N-dealkylation sites (N-methyl/N-ethyl adjacent to an activating group) is 1. The Morgan fingerprint density at radius 1 is 1.27 bits per heavy atom. The van der Waals surface area contributed by atoms with Crippen LogP contribution in [0.25, 0.3) is 0 Å². The first kappa shape index (κ1) is 8.97. The van der Waals surface area contributed by atoms with Crippen molar-refractivity contribution in [3.8, 4) is 0 Å². The fourth-order valence-electron chi connectivity index (χ4n) is 1.55. The summed E-state index contributed by atoms with van der Waals surface area (Å²) in [4.78, 5) is 0. The lowest BCUT2D eigenvalue weighted by molar-refractivity contribution is -0.0135. The Morgan fingerprint density at radius 2 is 1.91 bits per heavy atom. The van der Waals surface area contributed by atoms with Crippen molar-refractivity contribution in [2.24, 2.45) is 5.73 Å². The maximum Gasteiger partial charge on any atom is 0.0253 e. The summed E-state index contributed by atoms with van der Waals surface area (Å²) in [7, 11) is 2.12. The molecule has 0 bridgehead atoms. The molecule has 0 aromatic heterocycles. The van der Waals surface area contributed by atoms with E-state index in [0.29, 0.717) is 0 Å². The van der Waals surface area contributed by atoms with Gasteiger partial charge in [0.1, 0.15) is 0 Å². The van der Waals surface area contributed by atoms with Crippen LogP contribution in [0.15, 0.2) is 0 Å². The minimum Gasteiger partial charge on any atom is -0.329 e. The van der Waals surface area contributed by atoms with Crippen LogP contribution in [0.2, 0.25) is 0 Å². The molecule has 1 aliphatic heterocycles. The molecule has 0 amide bonds. The highest BCUT2D eigenvalue weighted by atomic mass is 15.6. The summed E-state index contributed by atoms with van der Waals surface area (Å²) in [6.07, 6.45) is 4.08. The zero-order valence-electron chi connectivity index (χ0n) is 7.42. The van der Waals surface area contributed by atoms with Crippen LogP contribution in [0.3, 0.4) is 0 Å². The molecule has 1 aliphatic rings. The van der Waals surface area contributed by atoms with Gasteiger partial charge in [-0.3, -0.25) is 0 Å². The fourth-order valence-corrected chi connectivity index (χ4v) is 1.55. The molecule has 11 heavy (non-hydrogen) atoms. The van der Waals surface area contributed by atoms with E-state index in [9.17, 15) is 0 Å². The number of hydrogen-bond donors (Lipinski definition) is 1.